The van der Waals surface area contributed by atoms with Crippen LogP contribution in [0.5, 0.6) is 0 Å². The minimum atomic E-state index is -0.842. The Kier molecular flexibility index (Phi) is 4.53. The first-order chi connectivity index (χ1) is 9.94. The normalized spacial score (nSPS) is 13.9. The van der Waals surface area contributed by atoms with Crippen molar-refractivity contribution >= 4 is 28.7 Å². The van der Waals surface area contributed by atoms with Crippen LogP contribution in [0.3, 0.4) is 0 Å². The van der Waals surface area contributed by atoms with Crippen LogP contribution in [-0.4, -0.2) is 27.2 Å². The Labute approximate surface area is 128 Å². The smallest absolute Gasteiger partial charge is 0.231 e. The van der Waals surface area contributed by atoms with E-state index in [1.54, 1.807) is 6.92 Å². The molecule has 0 aliphatic rings. The van der Waals surface area contributed by atoms with Crippen molar-refractivity contribution in [2.75, 3.05) is 5.75 Å². The zero-order valence-corrected chi connectivity index (χ0v) is 13.1. The third-order valence-corrected chi connectivity index (χ3v) is 4.37. The number of nitrogens with zero attached hydrogens (tertiary/aromatic N) is 2. The molecule has 0 fully saturated rings. The lowest BCUT2D eigenvalue weighted by atomic mass is 9.90. The second-order valence-electron chi connectivity index (χ2n) is 5.36. The molecule has 21 heavy (non-hydrogen) atoms. The highest BCUT2D eigenvalue weighted by Gasteiger charge is 2.29. The molecule has 0 saturated heterocycles. The Hall–Kier alpha value is -2.00. The highest BCUT2D eigenvalue weighted by Crippen LogP contribution is 2.20. The quantitative estimate of drug-likeness (QED) is 0.832. The molecule has 0 radical (unpaired) electrons. The number of hydrogen-bond donors (Lipinski definition) is 2. The summed E-state index contributed by atoms with van der Waals surface area (Å²) >= 11 is 1.33. The fourth-order valence-corrected chi connectivity index (χ4v) is 2.44. The lowest BCUT2D eigenvalue weighted by Crippen LogP contribution is -2.49. The van der Waals surface area contributed by atoms with Crippen LogP contribution < -0.4 is 5.32 Å². The maximum atomic E-state index is 12.0. The average molecular weight is 302 g/mol. The lowest BCUT2D eigenvalue weighted by molar-refractivity contribution is -0.120. The first-order valence-electron chi connectivity index (χ1n) is 6.74. The molecular formula is C15H18N4OS. The number of fused-ring (bicyclic) bond motifs is 1. The van der Waals surface area contributed by atoms with Gasteiger partial charge in [-0.2, -0.15) is 5.26 Å². The van der Waals surface area contributed by atoms with Crippen LogP contribution >= 0.6 is 11.8 Å². The highest BCUT2D eigenvalue weighted by atomic mass is 32.2. The molecule has 110 valence electrons. The van der Waals surface area contributed by atoms with Gasteiger partial charge in [0.05, 0.1) is 22.9 Å². The number of rotatable bonds is 5. The number of H-pyrrole nitrogens is 1. The number of nitrogens with one attached hydrogen (secondary N) is 2. The summed E-state index contributed by atoms with van der Waals surface area (Å²) in [6.45, 7) is 5.56. The van der Waals surface area contributed by atoms with Crippen molar-refractivity contribution in [3.63, 3.8) is 0 Å². The van der Waals surface area contributed by atoms with Crippen molar-refractivity contribution in [3.05, 3.63) is 24.3 Å². The summed E-state index contributed by atoms with van der Waals surface area (Å²) in [7, 11) is 0. The SMILES string of the molecule is CC(C)[C@@](C)(C#N)NC(=O)CSc1nc2ccccc2[nH]1. The zero-order valence-electron chi connectivity index (χ0n) is 12.3. The molecule has 5 nitrogen and oxygen atoms in total. The fourth-order valence-electron chi connectivity index (χ4n) is 1.76. The molecule has 1 atom stereocenters. The molecule has 6 heteroatoms. The summed E-state index contributed by atoms with van der Waals surface area (Å²) in [5.41, 5.74) is 0.986. The molecule has 2 N–H and O–H groups in total. The fraction of sp³-hybridized carbons (Fsp3) is 0.400. The Balaban J connectivity index is 1.96. The molecular weight excluding hydrogens is 284 g/mol. The van der Waals surface area contributed by atoms with Gasteiger partial charge >= 0.3 is 0 Å². The highest BCUT2D eigenvalue weighted by molar-refractivity contribution is 7.99. The van der Waals surface area contributed by atoms with Gasteiger partial charge in [-0.3, -0.25) is 4.79 Å². The molecule has 0 spiro atoms. The number of carbonyl (C=O) groups is 1. The number of para-hydroxylation sites is 2. The van der Waals surface area contributed by atoms with Gasteiger partial charge < -0.3 is 10.3 Å². The van der Waals surface area contributed by atoms with E-state index in [4.69, 9.17) is 0 Å². The van der Waals surface area contributed by atoms with Gasteiger partial charge in [-0.15, -0.1) is 0 Å². The van der Waals surface area contributed by atoms with Crippen LogP contribution in [0.1, 0.15) is 20.8 Å². The molecule has 2 aromatic rings. The molecule has 0 aliphatic heterocycles. The lowest BCUT2D eigenvalue weighted by Gasteiger charge is -2.27. The van der Waals surface area contributed by atoms with Gasteiger partial charge in [-0.25, -0.2) is 4.98 Å². The van der Waals surface area contributed by atoms with E-state index in [-0.39, 0.29) is 17.6 Å². The predicted octanol–water partition coefficient (Wildman–Crippen LogP) is 2.71. The monoisotopic (exact) mass is 302 g/mol. The van der Waals surface area contributed by atoms with E-state index < -0.39 is 5.54 Å². The van der Waals surface area contributed by atoms with Crippen LogP contribution in [0, 0.1) is 17.2 Å². The maximum absolute atomic E-state index is 12.0. The van der Waals surface area contributed by atoms with E-state index in [0.717, 1.165) is 11.0 Å². The Morgan fingerprint density at radius 2 is 2.24 bits per heavy atom. The summed E-state index contributed by atoms with van der Waals surface area (Å²) in [4.78, 5) is 19.5. The van der Waals surface area contributed by atoms with E-state index in [1.807, 2.05) is 38.1 Å². The van der Waals surface area contributed by atoms with Crippen molar-refractivity contribution in [1.82, 2.24) is 15.3 Å². The number of amides is 1. The van der Waals surface area contributed by atoms with E-state index >= 15 is 0 Å². The van der Waals surface area contributed by atoms with Crippen LogP contribution in [0.4, 0.5) is 0 Å². The molecule has 0 bridgehead atoms. The number of benzene rings is 1. The van der Waals surface area contributed by atoms with Gasteiger partial charge in [0.25, 0.3) is 0 Å². The third kappa shape index (κ3) is 3.56. The van der Waals surface area contributed by atoms with Gasteiger partial charge in [0.1, 0.15) is 5.54 Å². The number of nitriles is 1. The number of imidazole rings is 1. The van der Waals surface area contributed by atoms with Crippen molar-refractivity contribution in [1.29, 1.82) is 5.26 Å². The second kappa shape index (κ2) is 6.19. The van der Waals surface area contributed by atoms with Gasteiger partial charge in [-0.05, 0) is 25.0 Å². The molecule has 1 aromatic carbocycles. The molecule has 0 unspecified atom stereocenters. The second-order valence-corrected chi connectivity index (χ2v) is 6.33. The van der Waals surface area contributed by atoms with Crippen LogP contribution in [0.25, 0.3) is 11.0 Å². The summed E-state index contributed by atoms with van der Waals surface area (Å²) in [5.74, 6) is 0.102. The van der Waals surface area contributed by atoms with Gasteiger partial charge in [0, 0.05) is 0 Å². The van der Waals surface area contributed by atoms with Gasteiger partial charge in [0.2, 0.25) is 5.91 Å². The molecule has 1 aromatic heterocycles. The van der Waals surface area contributed by atoms with Crippen LogP contribution in [-0.2, 0) is 4.79 Å². The predicted molar refractivity (Wildman–Crippen MR) is 83.8 cm³/mol. The van der Waals surface area contributed by atoms with Gasteiger partial charge in [-0.1, -0.05) is 37.7 Å². The molecule has 2 rings (SSSR count). The van der Waals surface area contributed by atoms with Crippen molar-refractivity contribution < 1.29 is 4.79 Å². The number of aromatic amines is 1. The largest absolute Gasteiger partial charge is 0.337 e. The Morgan fingerprint density at radius 1 is 1.52 bits per heavy atom. The molecule has 0 aliphatic carbocycles. The van der Waals surface area contributed by atoms with Crippen LogP contribution in [0.15, 0.2) is 29.4 Å². The van der Waals surface area contributed by atoms with Crippen molar-refractivity contribution in [2.24, 2.45) is 5.92 Å². The zero-order chi connectivity index (χ0) is 15.5. The minimum absolute atomic E-state index is 0.0441. The summed E-state index contributed by atoms with van der Waals surface area (Å²) in [6, 6.07) is 9.88. The Bertz CT molecular complexity index is 655. The number of hydrogen-bond acceptors (Lipinski definition) is 4. The first-order valence-corrected chi connectivity index (χ1v) is 7.73. The average Bonchev–Trinajstić information content (AvgIpc) is 2.87. The number of carbonyl (C=O) groups excluding carboxylic acids is 1. The molecule has 0 saturated carbocycles. The van der Waals surface area contributed by atoms with Crippen molar-refractivity contribution in [2.45, 2.75) is 31.5 Å². The van der Waals surface area contributed by atoms with Gasteiger partial charge in [0.15, 0.2) is 5.16 Å². The Morgan fingerprint density at radius 3 is 2.86 bits per heavy atom. The first kappa shape index (κ1) is 15.4. The third-order valence-electron chi connectivity index (χ3n) is 3.49. The van der Waals surface area contributed by atoms with E-state index in [2.05, 4.69) is 21.4 Å². The van der Waals surface area contributed by atoms with E-state index in [0.29, 0.717) is 5.16 Å². The summed E-state index contributed by atoms with van der Waals surface area (Å²) in [6.07, 6.45) is 0. The van der Waals surface area contributed by atoms with E-state index in [1.165, 1.54) is 11.8 Å². The summed E-state index contributed by atoms with van der Waals surface area (Å²) < 4.78 is 0. The standard InChI is InChI=1S/C15H18N4OS/c1-10(2)15(3,9-16)19-13(20)8-21-14-17-11-6-4-5-7-12(11)18-14/h4-7,10H,8H2,1-3H3,(H,17,18)(H,19,20)/t15-/m1/s1. The topological polar surface area (TPSA) is 81.6 Å². The van der Waals surface area contributed by atoms with Crippen molar-refractivity contribution in [3.8, 4) is 6.07 Å². The molecule has 1 heterocycles. The summed E-state index contributed by atoms with van der Waals surface area (Å²) in [5, 5.41) is 12.7. The number of thioether (sulfide) groups is 1. The number of aromatic nitrogens is 2. The van der Waals surface area contributed by atoms with E-state index in [9.17, 15) is 10.1 Å². The minimum Gasteiger partial charge on any atom is -0.337 e. The molecule has 1 amide bonds. The maximum Gasteiger partial charge on any atom is 0.231 e. The van der Waals surface area contributed by atoms with Crippen LogP contribution in [0.2, 0.25) is 0 Å².